The molecule has 0 unspecified atom stereocenters. The molecule has 1 aliphatic carbocycles. The van der Waals surface area contributed by atoms with Crippen LogP contribution in [0.25, 0.3) is 112 Å². The second kappa shape index (κ2) is 17.8. The van der Waals surface area contributed by atoms with Crippen molar-refractivity contribution in [1.82, 2.24) is 15.0 Å². The van der Waals surface area contributed by atoms with Gasteiger partial charge in [-0.1, -0.05) is 243 Å². The molecule has 1 aliphatic rings. The Morgan fingerprint density at radius 2 is 0.730 bits per heavy atom. The van der Waals surface area contributed by atoms with Crippen LogP contribution in [0.4, 0.5) is 0 Å². The molecule has 0 spiro atoms. The summed E-state index contributed by atoms with van der Waals surface area (Å²) in [5.41, 5.74) is 20.3. The molecule has 0 radical (unpaired) electrons. The molecule has 2 heterocycles. The third-order valence-corrected chi connectivity index (χ3v) is 14.8. The van der Waals surface area contributed by atoms with Crippen LogP contribution in [0, 0.1) is 0 Å². The Labute approximate surface area is 429 Å². The van der Waals surface area contributed by atoms with Gasteiger partial charge in [-0.2, -0.15) is 0 Å². The fourth-order valence-corrected chi connectivity index (χ4v) is 11.5. The zero-order valence-electron chi connectivity index (χ0n) is 40.2. The van der Waals surface area contributed by atoms with Gasteiger partial charge in [0, 0.05) is 21.9 Å². The largest absolute Gasteiger partial charge is 0.455 e. The fourth-order valence-electron chi connectivity index (χ4n) is 11.5. The SMILES string of the molecule is c1ccc(-c2cc(-c3ccc(-c4nc(-c5ccccc5)nc(-c5cccc6c5oc5ccccc56)n4)cc3)c(-c3ccccc3)c(-c3ccc4c(c3)-c3ccccc3C4(c3ccccc3)c3ccccc3)c2)cc1. The summed E-state index contributed by atoms with van der Waals surface area (Å²) < 4.78 is 6.51. The first-order chi connectivity index (χ1) is 36.7. The highest BCUT2D eigenvalue weighted by Gasteiger charge is 2.46. The number of nitrogens with zero attached hydrogens (tertiary/aromatic N) is 3. The van der Waals surface area contributed by atoms with E-state index in [1.54, 1.807) is 0 Å². The molecule has 13 aromatic rings. The number of fused-ring (bicyclic) bond motifs is 6. The van der Waals surface area contributed by atoms with Crippen molar-refractivity contribution in [1.29, 1.82) is 0 Å². The third kappa shape index (κ3) is 7.10. The molecule has 0 atom stereocenters. The van der Waals surface area contributed by atoms with Gasteiger partial charge in [0.05, 0.1) is 11.0 Å². The van der Waals surface area contributed by atoms with E-state index in [9.17, 15) is 0 Å². The summed E-state index contributed by atoms with van der Waals surface area (Å²) in [4.78, 5) is 15.4. The second-order valence-electron chi connectivity index (χ2n) is 19.0. The van der Waals surface area contributed by atoms with E-state index in [4.69, 9.17) is 19.4 Å². The maximum Gasteiger partial charge on any atom is 0.167 e. The van der Waals surface area contributed by atoms with Crippen LogP contribution in [0.5, 0.6) is 0 Å². The number of furan rings is 1. The number of aromatic nitrogens is 3. The molecule has 0 saturated heterocycles. The smallest absolute Gasteiger partial charge is 0.167 e. The van der Waals surface area contributed by atoms with E-state index < -0.39 is 5.41 Å². The predicted molar refractivity (Wildman–Crippen MR) is 302 cm³/mol. The number of rotatable bonds is 9. The fraction of sp³-hybridized carbons (Fsp3) is 0.0143. The molecule has 4 heteroatoms. The van der Waals surface area contributed by atoms with Crippen LogP contribution in [0.1, 0.15) is 22.3 Å². The van der Waals surface area contributed by atoms with Gasteiger partial charge in [-0.3, -0.25) is 0 Å². The van der Waals surface area contributed by atoms with Gasteiger partial charge in [0.1, 0.15) is 11.2 Å². The van der Waals surface area contributed by atoms with Gasteiger partial charge in [0.15, 0.2) is 17.5 Å². The molecule has 0 saturated carbocycles. The first-order valence-corrected chi connectivity index (χ1v) is 25.2. The third-order valence-electron chi connectivity index (χ3n) is 14.8. The molecule has 11 aromatic carbocycles. The van der Waals surface area contributed by atoms with Crippen molar-refractivity contribution in [3.63, 3.8) is 0 Å². The van der Waals surface area contributed by atoms with Crippen molar-refractivity contribution < 1.29 is 4.42 Å². The summed E-state index contributed by atoms with van der Waals surface area (Å²) in [5, 5.41) is 2.08. The van der Waals surface area contributed by atoms with Crippen molar-refractivity contribution in [3.8, 4) is 89.8 Å². The summed E-state index contributed by atoms with van der Waals surface area (Å²) in [6.45, 7) is 0. The van der Waals surface area contributed by atoms with Crippen LogP contribution in [0.3, 0.4) is 0 Å². The van der Waals surface area contributed by atoms with E-state index >= 15 is 0 Å². The van der Waals surface area contributed by atoms with Crippen LogP contribution >= 0.6 is 0 Å². The number of para-hydroxylation sites is 2. The second-order valence-corrected chi connectivity index (χ2v) is 19.0. The molecule has 0 aliphatic heterocycles. The summed E-state index contributed by atoms with van der Waals surface area (Å²) in [7, 11) is 0. The lowest BCUT2D eigenvalue weighted by molar-refractivity contribution is 0.669. The monoisotopic (exact) mass is 943 g/mol. The van der Waals surface area contributed by atoms with Gasteiger partial charge in [-0.25, -0.2) is 15.0 Å². The van der Waals surface area contributed by atoms with Gasteiger partial charge in [0.25, 0.3) is 0 Å². The van der Waals surface area contributed by atoms with E-state index in [-0.39, 0.29) is 0 Å². The Hall–Kier alpha value is -9.77. The zero-order chi connectivity index (χ0) is 49.0. The van der Waals surface area contributed by atoms with Gasteiger partial charge in [0.2, 0.25) is 0 Å². The van der Waals surface area contributed by atoms with Gasteiger partial charge in [-0.15, -0.1) is 0 Å². The van der Waals surface area contributed by atoms with Gasteiger partial charge >= 0.3 is 0 Å². The minimum absolute atomic E-state index is 0.490. The lowest BCUT2D eigenvalue weighted by Gasteiger charge is -2.34. The summed E-state index contributed by atoms with van der Waals surface area (Å²) in [5.74, 6) is 1.73. The highest BCUT2D eigenvalue weighted by Crippen LogP contribution is 2.57. The van der Waals surface area contributed by atoms with Crippen LogP contribution in [0.2, 0.25) is 0 Å². The molecule has 2 aromatic heterocycles. The average molecular weight is 944 g/mol. The van der Waals surface area contributed by atoms with Crippen molar-refractivity contribution in [2.24, 2.45) is 0 Å². The van der Waals surface area contributed by atoms with Crippen molar-refractivity contribution in [3.05, 3.63) is 295 Å². The molecule has 4 nitrogen and oxygen atoms in total. The first-order valence-electron chi connectivity index (χ1n) is 25.2. The predicted octanol–water partition coefficient (Wildman–Crippen LogP) is 17.8. The van der Waals surface area contributed by atoms with E-state index in [1.165, 1.54) is 33.4 Å². The number of hydrogen-bond acceptors (Lipinski definition) is 4. The van der Waals surface area contributed by atoms with Gasteiger partial charge in [-0.05, 0) is 108 Å². The quantitative estimate of drug-likeness (QED) is 0.145. The Morgan fingerprint density at radius 3 is 1.41 bits per heavy atom. The normalized spacial score (nSPS) is 12.4. The highest BCUT2D eigenvalue weighted by molar-refractivity contribution is 6.09. The van der Waals surface area contributed by atoms with Crippen molar-refractivity contribution in [2.75, 3.05) is 0 Å². The maximum absolute atomic E-state index is 6.51. The maximum atomic E-state index is 6.51. The Kier molecular flexibility index (Phi) is 10.4. The first kappa shape index (κ1) is 43.1. The summed E-state index contributed by atoms with van der Waals surface area (Å²) in [6, 6.07) is 97.7. The molecule has 346 valence electrons. The average Bonchev–Trinajstić information content (AvgIpc) is 4.08. The van der Waals surface area contributed by atoms with Crippen molar-refractivity contribution in [2.45, 2.75) is 5.41 Å². The van der Waals surface area contributed by atoms with Crippen LogP contribution < -0.4 is 0 Å². The molecule has 74 heavy (non-hydrogen) atoms. The van der Waals surface area contributed by atoms with E-state index in [2.05, 4.69) is 212 Å². The van der Waals surface area contributed by atoms with E-state index in [0.717, 1.165) is 83.1 Å². The van der Waals surface area contributed by atoms with Crippen LogP contribution in [-0.2, 0) is 5.41 Å². The Balaban J connectivity index is 0.957. The molecule has 0 bridgehead atoms. The summed E-state index contributed by atoms with van der Waals surface area (Å²) >= 11 is 0. The topological polar surface area (TPSA) is 51.8 Å². The highest BCUT2D eigenvalue weighted by atomic mass is 16.3. The van der Waals surface area contributed by atoms with E-state index in [1.807, 2.05) is 60.7 Å². The molecule has 14 rings (SSSR count). The molecule has 0 N–H and O–H groups in total. The Bertz CT molecular complexity index is 4170. The van der Waals surface area contributed by atoms with E-state index in [0.29, 0.717) is 17.5 Å². The minimum Gasteiger partial charge on any atom is -0.455 e. The lowest BCUT2D eigenvalue weighted by Crippen LogP contribution is -2.28. The number of benzene rings is 11. The number of hydrogen-bond donors (Lipinski definition) is 0. The lowest BCUT2D eigenvalue weighted by atomic mass is 9.67. The van der Waals surface area contributed by atoms with Gasteiger partial charge < -0.3 is 4.42 Å². The summed E-state index contributed by atoms with van der Waals surface area (Å²) in [6.07, 6.45) is 0. The van der Waals surface area contributed by atoms with Crippen LogP contribution in [0.15, 0.2) is 277 Å². The Morgan fingerprint density at radius 1 is 0.270 bits per heavy atom. The standard InChI is InChI=1S/C70H45N3O/c1-6-21-46(22-7-1)52-44-59(47-37-39-50(40-38-47)68-71-67(49-25-10-3-11-26-49)72-69(73-68)58-34-20-33-57-56-32-17-19-36-64(56)74-66(57)58)65(48-23-8-2-9-24-48)60(45-52)51-41-42-63-61(43-51)55-31-16-18-35-62(55)70(63,53-27-12-4-13-28-53)54-29-14-5-15-30-54/h1-45H. The van der Waals surface area contributed by atoms with Crippen LogP contribution in [-0.4, -0.2) is 15.0 Å². The zero-order valence-corrected chi connectivity index (χ0v) is 40.2. The molecule has 0 fully saturated rings. The minimum atomic E-state index is -0.490. The molecule has 0 amide bonds. The molecular formula is C70H45N3O. The van der Waals surface area contributed by atoms with Crippen molar-refractivity contribution >= 4 is 21.9 Å². The molecular weight excluding hydrogens is 899 g/mol.